The number of fused-ring (bicyclic) bond motifs is 1. The van der Waals surface area contributed by atoms with Gasteiger partial charge in [-0.1, -0.05) is 53.5 Å². The Bertz CT molecular complexity index is 897. The minimum atomic E-state index is 0.693. The Kier molecular flexibility index (Phi) is 4.31. The first-order chi connectivity index (χ1) is 11.7. The summed E-state index contributed by atoms with van der Waals surface area (Å²) in [5, 5.41) is 10.1. The van der Waals surface area contributed by atoms with Crippen LogP contribution in [0.2, 0.25) is 10.0 Å². The van der Waals surface area contributed by atoms with Gasteiger partial charge in [0.05, 0.1) is 10.7 Å². The monoisotopic (exact) mass is 357 g/mol. The fourth-order valence-electron chi connectivity index (χ4n) is 3.18. The van der Waals surface area contributed by atoms with E-state index < -0.39 is 0 Å². The number of hydrogen-bond acceptors (Lipinski definition) is 2. The fraction of sp³-hybridized carbons (Fsp3) is 0.211. The molecule has 2 aromatic carbocycles. The first-order valence-corrected chi connectivity index (χ1v) is 8.75. The molecule has 0 bridgehead atoms. The smallest absolute Gasteiger partial charge is 0.111 e. The SMILES string of the molecule is Clc1ccc(C2=CCN(Cc3[nH]nc4c(Cl)cccc34)CC2)cc1. The van der Waals surface area contributed by atoms with Gasteiger partial charge in [-0.25, -0.2) is 0 Å². The highest BCUT2D eigenvalue weighted by atomic mass is 35.5. The number of nitrogens with zero attached hydrogens (tertiary/aromatic N) is 2. The molecule has 1 aromatic heterocycles. The van der Waals surface area contributed by atoms with Crippen molar-refractivity contribution in [3.63, 3.8) is 0 Å². The number of rotatable bonds is 3. The summed E-state index contributed by atoms with van der Waals surface area (Å²) < 4.78 is 0. The number of hydrogen-bond donors (Lipinski definition) is 1. The van der Waals surface area contributed by atoms with Crippen LogP contribution >= 0.6 is 23.2 Å². The molecule has 0 fully saturated rings. The third-order valence-corrected chi connectivity index (χ3v) is 5.06. The summed E-state index contributed by atoms with van der Waals surface area (Å²) in [6.07, 6.45) is 3.34. The summed E-state index contributed by atoms with van der Waals surface area (Å²) in [6, 6.07) is 14.0. The van der Waals surface area contributed by atoms with E-state index in [2.05, 4.69) is 39.4 Å². The summed E-state index contributed by atoms with van der Waals surface area (Å²) in [5.74, 6) is 0. The summed E-state index contributed by atoms with van der Waals surface area (Å²) in [7, 11) is 0. The van der Waals surface area contributed by atoms with Crippen LogP contribution in [0.3, 0.4) is 0 Å². The lowest BCUT2D eigenvalue weighted by Crippen LogP contribution is -2.28. The van der Waals surface area contributed by atoms with Gasteiger partial charge in [0.1, 0.15) is 5.52 Å². The second-order valence-electron chi connectivity index (χ2n) is 6.06. The van der Waals surface area contributed by atoms with Crippen LogP contribution in [0, 0.1) is 0 Å². The van der Waals surface area contributed by atoms with Crippen LogP contribution in [-0.2, 0) is 6.54 Å². The average Bonchev–Trinajstić information content (AvgIpc) is 3.01. The van der Waals surface area contributed by atoms with Crippen molar-refractivity contribution < 1.29 is 0 Å². The van der Waals surface area contributed by atoms with Gasteiger partial charge < -0.3 is 0 Å². The molecule has 3 nitrogen and oxygen atoms in total. The topological polar surface area (TPSA) is 31.9 Å². The quantitative estimate of drug-likeness (QED) is 0.701. The molecular formula is C19H17Cl2N3. The number of H-pyrrole nitrogens is 1. The minimum absolute atomic E-state index is 0.693. The van der Waals surface area contributed by atoms with Crippen molar-refractivity contribution in [2.45, 2.75) is 13.0 Å². The molecule has 0 amide bonds. The second kappa shape index (κ2) is 6.60. The molecule has 24 heavy (non-hydrogen) atoms. The van der Waals surface area contributed by atoms with E-state index in [0.717, 1.165) is 47.7 Å². The Morgan fingerprint density at radius 2 is 1.92 bits per heavy atom. The predicted molar refractivity (Wildman–Crippen MR) is 100 cm³/mol. The van der Waals surface area contributed by atoms with Crippen LogP contribution in [0.1, 0.15) is 17.7 Å². The Morgan fingerprint density at radius 3 is 2.67 bits per heavy atom. The van der Waals surface area contributed by atoms with Gasteiger partial charge in [0.2, 0.25) is 0 Å². The molecule has 0 saturated heterocycles. The number of aromatic nitrogens is 2. The molecule has 0 spiro atoms. The zero-order chi connectivity index (χ0) is 16.5. The first kappa shape index (κ1) is 15.7. The molecule has 0 atom stereocenters. The average molecular weight is 358 g/mol. The Morgan fingerprint density at radius 1 is 1.08 bits per heavy atom. The molecule has 1 aliphatic heterocycles. The summed E-state index contributed by atoms with van der Waals surface area (Å²) in [4.78, 5) is 2.41. The molecule has 122 valence electrons. The van der Waals surface area contributed by atoms with Crippen LogP contribution in [0.15, 0.2) is 48.5 Å². The van der Waals surface area contributed by atoms with Gasteiger partial charge in [-0.05, 0) is 35.8 Å². The van der Waals surface area contributed by atoms with Crippen molar-refractivity contribution in [2.24, 2.45) is 0 Å². The van der Waals surface area contributed by atoms with Crippen LogP contribution in [0.5, 0.6) is 0 Å². The Hall–Kier alpha value is -1.81. The molecule has 1 N–H and O–H groups in total. The van der Waals surface area contributed by atoms with Crippen LogP contribution in [0.4, 0.5) is 0 Å². The normalized spacial score (nSPS) is 15.7. The maximum Gasteiger partial charge on any atom is 0.111 e. The molecule has 5 heteroatoms. The van der Waals surface area contributed by atoms with E-state index in [9.17, 15) is 0 Å². The third-order valence-electron chi connectivity index (χ3n) is 4.50. The van der Waals surface area contributed by atoms with E-state index in [-0.39, 0.29) is 0 Å². The largest absolute Gasteiger partial charge is 0.294 e. The highest BCUT2D eigenvalue weighted by Gasteiger charge is 2.16. The van der Waals surface area contributed by atoms with Crippen LogP contribution in [-0.4, -0.2) is 28.2 Å². The van der Waals surface area contributed by atoms with Crippen molar-refractivity contribution in [1.82, 2.24) is 15.1 Å². The molecule has 0 unspecified atom stereocenters. The highest BCUT2D eigenvalue weighted by Crippen LogP contribution is 2.27. The van der Waals surface area contributed by atoms with E-state index in [1.807, 2.05) is 24.3 Å². The molecule has 0 radical (unpaired) electrons. The maximum absolute atomic E-state index is 6.20. The molecule has 3 aromatic rings. The van der Waals surface area contributed by atoms with Crippen molar-refractivity contribution in [1.29, 1.82) is 0 Å². The lowest BCUT2D eigenvalue weighted by atomic mass is 9.99. The van der Waals surface area contributed by atoms with Gasteiger partial charge in [-0.3, -0.25) is 10.00 Å². The summed E-state index contributed by atoms with van der Waals surface area (Å²) in [5.41, 5.74) is 4.62. The zero-order valence-corrected chi connectivity index (χ0v) is 14.6. The van der Waals surface area contributed by atoms with E-state index in [1.165, 1.54) is 11.1 Å². The molecule has 4 rings (SSSR count). The maximum atomic E-state index is 6.20. The van der Waals surface area contributed by atoms with E-state index >= 15 is 0 Å². The number of aromatic amines is 1. The second-order valence-corrected chi connectivity index (χ2v) is 6.90. The van der Waals surface area contributed by atoms with Crippen molar-refractivity contribution >= 4 is 39.7 Å². The number of halogens is 2. The van der Waals surface area contributed by atoms with Crippen molar-refractivity contribution in [3.05, 3.63) is 69.8 Å². The van der Waals surface area contributed by atoms with E-state index in [4.69, 9.17) is 23.2 Å². The predicted octanol–water partition coefficient (Wildman–Crippen LogP) is 5.16. The number of para-hydroxylation sites is 1. The molecule has 0 aliphatic carbocycles. The van der Waals surface area contributed by atoms with Gasteiger partial charge in [-0.15, -0.1) is 0 Å². The first-order valence-electron chi connectivity index (χ1n) is 7.99. The van der Waals surface area contributed by atoms with E-state index in [0.29, 0.717) is 5.02 Å². The van der Waals surface area contributed by atoms with E-state index in [1.54, 1.807) is 0 Å². The molecule has 1 aliphatic rings. The molecule has 2 heterocycles. The van der Waals surface area contributed by atoms with Gasteiger partial charge in [0.15, 0.2) is 0 Å². The van der Waals surface area contributed by atoms with Gasteiger partial charge in [0.25, 0.3) is 0 Å². The van der Waals surface area contributed by atoms with Crippen molar-refractivity contribution in [3.8, 4) is 0 Å². The lowest BCUT2D eigenvalue weighted by molar-refractivity contribution is 0.291. The number of benzene rings is 2. The lowest BCUT2D eigenvalue weighted by Gasteiger charge is -2.26. The van der Waals surface area contributed by atoms with Gasteiger partial charge in [0, 0.05) is 30.0 Å². The highest BCUT2D eigenvalue weighted by molar-refractivity contribution is 6.35. The van der Waals surface area contributed by atoms with Gasteiger partial charge >= 0.3 is 0 Å². The van der Waals surface area contributed by atoms with Crippen molar-refractivity contribution in [2.75, 3.05) is 13.1 Å². The minimum Gasteiger partial charge on any atom is -0.294 e. The standard InChI is InChI=1S/C19H17Cl2N3/c20-15-6-4-13(5-7-15)14-8-10-24(11-9-14)12-18-16-2-1-3-17(21)19(16)23-22-18/h1-8H,9-12H2,(H,22,23). The Labute approximate surface area is 150 Å². The van der Waals surface area contributed by atoms with Crippen LogP contribution < -0.4 is 0 Å². The number of nitrogens with one attached hydrogen (secondary N) is 1. The van der Waals surface area contributed by atoms with Gasteiger partial charge in [-0.2, -0.15) is 5.10 Å². The third kappa shape index (κ3) is 3.07. The molecular weight excluding hydrogens is 341 g/mol. The summed E-state index contributed by atoms with van der Waals surface area (Å²) in [6.45, 7) is 2.80. The molecule has 0 saturated carbocycles. The Balaban J connectivity index is 1.49. The van der Waals surface area contributed by atoms with Crippen LogP contribution in [0.25, 0.3) is 16.5 Å². The zero-order valence-electron chi connectivity index (χ0n) is 13.1. The fourth-order valence-corrected chi connectivity index (χ4v) is 3.52. The summed E-state index contributed by atoms with van der Waals surface area (Å²) >= 11 is 12.2.